The van der Waals surface area contributed by atoms with Gasteiger partial charge in [0.05, 0.1) is 12.3 Å². The molecule has 166 valence electrons. The fraction of sp³-hybridized carbons (Fsp3) is 0.333. The monoisotopic (exact) mass is 446 g/mol. The molecule has 0 saturated heterocycles. The summed E-state index contributed by atoms with van der Waals surface area (Å²) in [5.41, 5.74) is 4.83. The maximum absolute atomic E-state index is 13.5. The molecular formula is C27H30N2O2S. The highest BCUT2D eigenvalue weighted by molar-refractivity contribution is 7.99. The zero-order chi connectivity index (χ0) is 22.7. The van der Waals surface area contributed by atoms with Gasteiger partial charge in [-0.15, -0.1) is 6.58 Å². The molecule has 0 bridgehead atoms. The number of hydrogen-bond acceptors (Lipinski definition) is 4. The Morgan fingerprint density at radius 1 is 1.22 bits per heavy atom. The molecule has 0 aliphatic heterocycles. The zero-order valence-electron chi connectivity index (χ0n) is 19.1. The number of ether oxygens (including phenoxy) is 1. The van der Waals surface area contributed by atoms with Crippen molar-refractivity contribution >= 4 is 11.8 Å². The molecule has 3 aromatic rings. The van der Waals surface area contributed by atoms with Crippen LogP contribution in [0.15, 0.2) is 71.1 Å². The van der Waals surface area contributed by atoms with Gasteiger partial charge in [0.2, 0.25) is 0 Å². The first-order valence-electron chi connectivity index (χ1n) is 11.1. The lowest BCUT2D eigenvalue weighted by Gasteiger charge is -2.33. The van der Waals surface area contributed by atoms with E-state index in [-0.39, 0.29) is 11.0 Å². The summed E-state index contributed by atoms with van der Waals surface area (Å²) in [5, 5.41) is 0.753. The van der Waals surface area contributed by atoms with Gasteiger partial charge in [-0.25, -0.2) is 4.98 Å². The van der Waals surface area contributed by atoms with Crippen LogP contribution in [0.5, 0.6) is 5.75 Å². The molecule has 0 fully saturated rings. The highest BCUT2D eigenvalue weighted by Crippen LogP contribution is 2.42. The molecule has 0 amide bonds. The van der Waals surface area contributed by atoms with Crippen molar-refractivity contribution in [2.24, 2.45) is 0 Å². The van der Waals surface area contributed by atoms with Crippen molar-refractivity contribution in [1.82, 2.24) is 9.55 Å². The van der Waals surface area contributed by atoms with Crippen LogP contribution in [-0.4, -0.2) is 21.9 Å². The van der Waals surface area contributed by atoms with Gasteiger partial charge in [0.15, 0.2) is 5.16 Å². The summed E-state index contributed by atoms with van der Waals surface area (Å²) < 4.78 is 7.83. The molecular weight excluding hydrogens is 416 g/mol. The first-order valence-corrected chi connectivity index (χ1v) is 12.1. The van der Waals surface area contributed by atoms with Gasteiger partial charge in [0.1, 0.15) is 5.75 Å². The minimum atomic E-state index is -0.312. The Balaban J connectivity index is 1.69. The first kappa shape index (κ1) is 22.4. The van der Waals surface area contributed by atoms with Gasteiger partial charge < -0.3 is 4.74 Å². The van der Waals surface area contributed by atoms with Gasteiger partial charge in [-0.05, 0) is 41.5 Å². The second kappa shape index (κ2) is 9.37. The lowest BCUT2D eigenvalue weighted by atomic mass is 9.72. The van der Waals surface area contributed by atoms with Crippen molar-refractivity contribution in [2.75, 3.05) is 12.4 Å². The van der Waals surface area contributed by atoms with E-state index in [1.807, 2.05) is 12.1 Å². The molecule has 0 radical (unpaired) electrons. The zero-order valence-corrected chi connectivity index (χ0v) is 19.9. The van der Waals surface area contributed by atoms with Crippen LogP contribution < -0.4 is 10.3 Å². The summed E-state index contributed by atoms with van der Waals surface area (Å²) in [7, 11) is 0. The molecule has 0 atom stereocenters. The summed E-state index contributed by atoms with van der Waals surface area (Å²) in [6, 6.07) is 16.5. The quantitative estimate of drug-likeness (QED) is 0.254. The van der Waals surface area contributed by atoms with Gasteiger partial charge in [0.25, 0.3) is 5.56 Å². The Morgan fingerprint density at radius 3 is 2.72 bits per heavy atom. The van der Waals surface area contributed by atoms with Gasteiger partial charge in [-0.1, -0.05) is 68.9 Å². The third-order valence-corrected chi connectivity index (χ3v) is 6.72. The molecule has 0 spiro atoms. The summed E-state index contributed by atoms with van der Waals surface area (Å²) in [4.78, 5) is 18.5. The number of benzene rings is 2. The molecule has 32 heavy (non-hydrogen) atoms. The minimum Gasteiger partial charge on any atom is -0.493 e. The minimum absolute atomic E-state index is 0.0460. The normalized spacial score (nSPS) is 13.8. The highest BCUT2D eigenvalue weighted by Gasteiger charge is 2.36. The Bertz CT molecular complexity index is 1180. The van der Waals surface area contributed by atoms with Crippen molar-refractivity contribution in [2.45, 2.75) is 50.7 Å². The van der Waals surface area contributed by atoms with E-state index in [4.69, 9.17) is 9.72 Å². The van der Waals surface area contributed by atoms with Crippen molar-refractivity contribution in [3.8, 4) is 17.0 Å². The lowest BCUT2D eigenvalue weighted by Crippen LogP contribution is -2.38. The SMILES string of the molecule is C=CCn1c(SCC)nc2c(c1=O)C(C)(C)Cc1cc(OCCc3ccccc3)ccc1-2. The first-order chi connectivity index (χ1) is 15.4. The van der Waals surface area contributed by atoms with Crippen molar-refractivity contribution in [3.63, 3.8) is 0 Å². The molecule has 1 aliphatic carbocycles. The molecule has 0 saturated carbocycles. The molecule has 1 heterocycles. The maximum atomic E-state index is 13.5. The highest BCUT2D eigenvalue weighted by atomic mass is 32.2. The number of rotatable bonds is 8. The van der Waals surface area contributed by atoms with Gasteiger partial charge in [-0.3, -0.25) is 9.36 Å². The summed E-state index contributed by atoms with van der Waals surface area (Å²) >= 11 is 1.60. The molecule has 5 heteroatoms. The maximum Gasteiger partial charge on any atom is 0.258 e. The Morgan fingerprint density at radius 2 is 2.00 bits per heavy atom. The standard InChI is InChI=1S/C27H30N2O2S/c1-5-15-29-25(30)23-24(28-26(29)32-6-2)22-13-12-21(17-20(22)18-27(23,3)4)31-16-14-19-10-8-7-9-11-19/h5,7-13,17H,1,6,14-16,18H2,2-4H3. The van der Waals surface area contributed by atoms with E-state index in [0.29, 0.717) is 13.2 Å². The van der Waals surface area contributed by atoms with Gasteiger partial charge >= 0.3 is 0 Å². The van der Waals surface area contributed by atoms with E-state index in [2.05, 4.69) is 63.7 Å². The lowest BCUT2D eigenvalue weighted by molar-refractivity contribution is 0.321. The van der Waals surface area contributed by atoms with E-state index in [0.717, 1.165) is 46.3 Å². The molecule has 0 N–H and O–H groups in total. The van der Waals surface area contributed by atoms with Gasteiger partial charge in [-0.2, -0.15) is 0 Å². The van der Waals surface area contributed by atoms with E-state index >= 15 is 0 Å². The van der Waals surface area contributed by atoms with Crippen LogP contribution in [0.1, 0.15) is 37.5 Å². The largest absolute Gasteiger partial charge is 0.493 e. The second-order valence-corrected chi connectivity index (χ2v) is 9.95. The predicted octanol–water partition coefficient (Wildman–Crippen LogP) is 5.66. The second-order valence-electron chi connectivity index (χ2n) is 8.72. The third kappa shape index (κ3) is 4.40. The van der Waals surface area contributed by atoms with Crippen LogP contribution in [0.3, 0.4) is 0 Å². The van der Waals surface area contributed by atoms with E-state index in [1.165, 1.54) is 11.1 Å². The number of thioether (sulfide) groups is 1. The number of hydrogen-bond donors (Lipinski definition) is 0. The molecule has 2 aromatic carbocycles. The topological polar surface area (TPSA) is 44.1 Å². The average Bonchev–Trinajstić information content (AvgIpc) is 2.76. The predicted molar refractivity (Wildman–Crippen MR) is 133 cm³/mol. The van der Waals surface area contributed by atoms with Crippen LogP contribution in [0.2, 0.25) is 0 Å². The van der Waals surface area contributed by atoms with E-state index in [9.17, 15) is 4.79 Å². The number of fused-ring (bicyclic) bond motifs is 3. The van der Waals surface area contributed by atoms with Crippen molar-refractivity contribution in [1.29, 1.82) is 0 Å². The number of nitrogens with zero attached hydrogens (tertiary/aromatic N) is 2. The molecule has 0 unspecified atom stereocenters. The van der Waals surface area contributed by atoms with Crippen molar-refractivity contribution < 1.29 is 4.74 Å². The third-order valence-electron chi connectivity index (χ3n) is 5.86. The van der Waals surface area contributed by atoms with Crippen molar-refractivity contribution in [3.05, 3.63) is 88.2 Å². The summed E-state index contributed by atoms with van der Waals surface area (Å²) in [6.07, 6.45) is 3.41. The Kier molecular flexibility index (Phi) is 6.56. The molecule has 4 rings (SSSR count). The van der Waals surface area contributed by atoms with Crippen LogP contribution in [-0.2, 0) is 24.8 Å². The van der Waals surface area contributed by atoms with Crippen LogP contribution >= 0.6 is 11.8 Å². The fourth-order valence-corrected chi connectivity index (χ4v) is 5.13. The summed E-state index contributed by atoms with van der Waals surface area (Å²) in [6.45, 7) is 11.3. The van der Waals surface area contributed by atoms with E-state index in [1.54, 1.807) is 22.4 Å². The van der Waals surface area contributed by atoms with Crippen LogP contribution in [0, 0.1) is 0 Å². The van der Waals surface area contributed by atoms with Crippen LogP contribution in [0.25, 0.3) is 11.3 Å². The summed E-state index contributed by atoms with van der Waals surface area (Å²) in [5.74, 6) is 1.72. The fourth-order valence-electron chi connectivity index (χ4n) is 4.40. The van der Waals surface area contributed by atoms with Crippen LogP contribution in [0.4, 0.5) is 0 Å². The number of allylic oxidation sites excluding steroid dienone is 1. The Labute approximate surface area is 194 Å². The smallest absolute Gasteiger partial charge is 0.258 e. The molecule has 4 nitrogen and oxygen atoms in total. The average molecular weight is 447 g/mol. The molecule has 1 aromatic heterocycles. The Hall–Kier alpha value is -2.79. The number of aromatic nitrogens is 2. The van der Waals surface area contributed by atoms with Gasteiger partial charge in [0, 0.05) is 29.5 Å². The van der Waals surface area contributed by atoms with E-state index < -0.39 is 0 Å². The molecule has 1 aliphatic rings.